The maximum Gasteiger partial charge on any atom is 0.158 e. The molecule has 3 heterocycles. The highest BCUT2D eigenvalue weighted by atomic mass is 16.5. The molecule has 2 N–H and O–H groups in total. The van der Waals surface area contributed by atoms with Crippen LogP contribution in [-0.4, -0.2) is 53.5 Å². The summed E-state index contributed by atoms with van der Waals surface area (Å²) in [6.07, 6.45) is 2.91. The summed E-state index contributed by atoms with van der Waals surface area (Å²) in [7, 11) is 3.36. The first-order valence-corrected chi connectivity index (χ1v) is 9.67. The van der Waals surface area contributed by atoms with Crippen molar-refractivity contribution in [3.8, 4) is 11.5 Å². The first-order valence-electron chi connectivity index (χ1n) is 9.67. The number of rotatable bonds is 7. The molecule has 0 aliphatic carbocycles. The second-order valence-electron chi connectivity index (χ2n) is 7.21. The van der Waals surface area contributed by atoms with Gasteiger partial charge in [-0.15, -0.1) is 0 Å². The van der Waals surface area contributed by atoms with Crippen molar-refractivity contribution < 1.29 is 9.47 Å². The number of likely N-dealkylation sites (tertiary alicyclic amines) is 1. The van der Waals surface area contributed by atoms with Gasteiger partial charge in [0.25, 0.3) is 0 Å². The van der Waals surface area contributed by atoms with Crippen LogP contribution in [-0.2, 0) is 13.1 Å². The van der Waals surface area contributed by atoms with Gasteiger partial charge in [0.1, 0.15) is 11.5 Å². The molecule has 7 heteroatoms. The van der Waals surface area contributed by atoms with E-state index in [9.17, 15) is 0 Å². The third-order valence-electron chi connectivity index (χ3n) is 5.35. The topological polar surface area (TPSA) is 78.4 Å². The summed E-state index contributed by atoms with van der Waals surface area (Å²) in [6, 6.07) is 10.2. The van der Waals surface area contributed by atoms with Gasteiger partial charge in [-0.25, -0.2) is 9.67 Å². The molecule has 4 rings (SSSR count). The monoisotopic (exact) mass is 381 g/mol. The van der Waals surface area contributed by atoms with E-state index in [-0.39, 0.29) is 0 Å². The molecule has 3 aromatic rings. The van der Waals surface area contributed by atoms with Crippen molar-refractivity contribution in [3.63, 3.8) is 0 Å². The van der Waals surface area contributed by atoms with Gasteiger partial charge in [-0.1, -0.05) is 0 Å². The lowest BCUT2D eigenvalue weighted by Gasteiger charge is -2.17. The Hall–Kier alpha value is -2.64. The predicted octanol–water partition coefficient (Wildman–Crippen LogP) is 2.40. The molecule has 1 fully saturated rings. The van der Waals surface area contributed by atoms with Crippen molar-refractivity contribution in [1.82, 2.24) is 19.7 Å². The van der Waals surface area contributed by atoms with Crippen LogP contribution in [0.4, 0.5) is 0 Å². The highest BCUT2D eigenvalue weighted by Gasteiger charge is 2.28. The van der Waals surface area contributed by atoms with Crippen LogP contribution in [0.3, 0.4) is 0 Å². The lowest BCUT2D eigenvalue weighted by Crippen LogP contribution is -2.20. The molecule has 0 spiro atoms. The van der Waals surface area contributed by atoms with Crippen LogP contribution in [0.1, 0.15) is 23.6 Å². The summed E-state index contributed by atoms with van der Waals surface area (Å²) in [5, 5.41) is 6.01. The number of fused-ring (bicyclic) bond motifs is 1. The van der Waals surface area contributed by atoms with Gasteiger partial charge >= 0.3 is 0 Å². The van der Waals surface area contributed by atoms with Gasteiger partial charge < -0.3 is 15.2 Å². The maximum atomic E-state index is 5.75. The number of nitrogens with two attached hydrogens (primary N) is 1. The minimum Gasteiger partial charge on any atom is -0.497 e. The van der Waals surface area contributed by atoms with Crippen LogP contribution in [0.25, 0.3) is 11.0 Å². The quantitative estimate of drug-likeness (QED) is 0.677. The van der Waals surface area contributed by atoms with E-state index in [1.54, 1.807) is 14.2 Å². The molecule has 1 aliphatic rings. The van der Waals surface area contributed by atoms with E-state index in [4.69, 9.17) is 20.3 Å². The Kier molecular flexibility index (Phi) is 5.45. The van der Waals surface area contributed by atoms with Gasteiger partial charge in [-0.3, -0.25) is 4.90 Å². The van der Waals surface area contributed by atoms with Gasteiger partial charge in [0.2, 0.25) is 0 Å². The zero-order valence-corrected chi connectivity index (χ0v) is 16.5. The van der Waals surface area contributed by atoms with Crippen LogP contribution < -0.4 is 15.2 Å². The van der Waals surface area contributed by atoms with Crippen molar-refractivity contribution in [1.29, 1.82) is 0 Å². The number of hydrogen-bond donors (Lipinski definition) is 1. The smallest absolute Gasteiger partial charge is 0.158 e. The molecule has 0 saturated carbocycles. The molecule has 1 aromatic carbocycles. The Morgan fingerprint density at radius 2 is 1.96 bits per heavy atom. The number of aromatic nitrogens is 3. The molecule has 0 unspecified atom stereocenters. The first-order chi connectivity index (χ1) is 13.7. The van der Waals surface area contributed by atoms with E-state index in [1.165, 1.54) is 5.56 Å². The zero-order valence-electron chi connectivity index (χ0n) is 16.5. The molecule has 0 radical (unpaired) electrons. The van der Waals surface area contributed by atoms with Gasteiger partial charge in [0.05, 0.1) is 26.5 Å². The van der Waals surface area contributed by atoms with E-state index in [0.717, 1.165) is 54.3 Å². The molecule has 2 aromatic heterocycles. The number of methoxy groups -OCH3 is 2. The van der Waals surface area contributed by atoms with E-state index in [0.29, 0.717) is 19.0 Å². The van der Waals surface area contributed by atoms with Crippen LogP contribution in [0, 0.1) is 0 Å². The molecule has 28 heavy (non-hydrogen) atoms. The lowest BCUT2D eigenvalue weighted by atomic mass is 10.0. The summed E-state index contributed by atoms with van der Waals surface area (Å²) in [5.41, 5.74) is 9.01. The molecule has 0 bridgehead atoms. The molecule has 1 saturated heterocycles. The van der Waals surface area contributed by atoms with Crippen LogP contribution in [0.5, 0.6) is 11.5 Å². The fraction of sp³-hybridized carbons (Fsp3) is 0.429. The molecule has 7 nitrogen and oxygen atoms in total. The Morgan fingerprint density at radius 3 is 2.68 bits per heavy atom. The number of benzene rings is 1. The van der Waals surface area contributed by atoms with E-state index >= 15 is 0 Å². The minimum absolute atomic E-state index is 0.401. The van der Waals surface area contributed by atoms with E-state index in [2.05, 4.69) is 28.1 Å². The van der Waals surface area contributed by atoms with Gasteiger partial charge in [0.15, 0.2) is 5.65 Å². The Balaban J connectivity index is 1.53. The van der Waals surface area contributed by atoms with E-state index < -0.39 is 0 Å². The Labute approximate surface area is 165 Å². The molecule has 1 atom stereocenters. The maximum absolute atomic E-state index is 5.75. The second kappa shape index (κ2) is 8.16. The lowest BCUT2D eigenvalue weighted by molar-refractivity contribution is 0.323. The first kappa shape index (κ1) is 18.7. The SMILES string of the molecule is COc1cc(CN2CC[C@@H](c3nn(CCN)c4ncccc34)C2)cc(OC)c1. The van der Waals surface area contributed by atoms with Gasteiger partial charge in [-0.05, 0) is 42.8 Å². The normalized spacial score (nSPS) is 17.3. The average Bonchev–Trinajstić information content (AvgIpc) is 3.33. The van der Waals surface area contributed by atoms with Crippen molar-refractivity contribution in [2.75, 3.05) is 33.9 Å². The van der Waals surface area contributed by atoms with Crippen molar-refractivity contribution in [3.05, 3.63) is 47.8 Å². The third-order valence-corrected chi connectivity index (χ3v) is 5.35. The number of nitrogens with zero attached hydrogens (tertiary/aromatic N) is 4. The molecule has 1 aliphatic heterocycles. The van der Waals surface area contributed by atoms with Crippen LogP contribution in [0.15, 0.2) is 36.5 Å². The third kappa shape index (κ3) is 3.68. The van der Waals surface area contributed by atoms with Crippen molar-refractivity contribution in [2.24, 2.45) is 5.73 Å². The molecular formula is C21H27N5O2. The average molecular weight is 381 g/mol. The summed E-state index contributed by atoms with van der Waals surface area (Å²) < 4.78 is 12.7. The van der Waals surface area contributed by atoms with E-state index in [1.807, 2.05) is 23.0 Å². The Bertz CT molecular complexity index is 933. The van der Waals surface area contributed by atoms with Gasteiger partial charge in [0, 0.05) is 43.2 Å². The highest BCUT2D eigenvalue weighted by Crippen LogP contribution is 2.32. The summed E-state index contributed by atoms with van der Waals surface area (Å²) in [5.74, 6) is 2.05. The van der Waals surface area contributed by atoms with Crippen molar-refractivity contribution in [2.45, 2.75) is 25.4 Å². The van der Waals surface area contributed by atoms with Crippen LogP contribution >= 0.6 is 0 Å². The fourth-order valence-corrected chi connectivity index (χ4v) is 4.03. The number of pyridine rings is 1. The van der Waals surface area contributed by atoms with Gasteiger partial charge in [-0.2, -0.15) is 5.10 Å². The summed E-state index contributed by atoms with van der Waals surface area (Å²) in [4.78, 5) is 6.98. The standard InChI is InChI=1S/C21H27N5O2/c1-27-17-10-15(11-18(12-17)28-2)13-25-8-5-16(14-25)20-19-4-3-7-23-21(19)26(24-20)9-6-22/h3-4,7,10-12,16H,5-6,8-9,13-14,22H2,1-2H3/t16-/m1/s1. The highest BCUT2D eigenvalue weighted by molar-refractivity contribution is 5.78. The summed E-state index contributed by atoms with van der Waals surface area (Å²) in [6.45, 7) is 4.12. The fourth-order valence-electron chi connectivity index (χ4n) is 4.03. The number of hydrogen-bond acceptors (Lipinski definition) is 6. The minimum atomic E-state index is 0.401. The number of ether oxygens (including phenoxy) is 2. The van der Waals surface area contributed by atoms with Crippen LogP contribution in [0.2, 0.25) is 0 Å². The zero-order chi connectivity index (χ0) is 19.5. The molecule has 0 amide bonds. The molecule has 148 valence electrons. The summed E-state index contributed by atoms with van der Waals surface area (Å²) >= 11 is 0. The predicted molar refractivity (Wildman–Crippen MR) is 109 cm³/mol. The Morgan fingerprint density at radius 1 is 1.18 bits per heavy atom. The van der Waals surface area contributed by atoms with Crippen molar-refractivity contribution >= 4 is 11.0 Å². The second-order valence-corrected chi connectivity index (χ2v) is 7.21. The largest absolute Gasteiger partial charge is 0.497 e. The molecular weight excluding hydrogens is 354 g/mol.